The van der Waals surface area contributed by atoms with Crippen LogP contribution < -0.4 is 5.32 Å². The van der Waals surface area contributed by atoms with E-state index < -0.39 is 11.5 Å². The minimum Gasteiger partial charge on any atom is -0.480 e. The van der Waals surface area contributed by atoms with Crippen LogP contribution in [0, 0.1) is 0 Å². The summed E-state index contributed by atoms with van der Waals surface area (Å²) in [6, 6.07) is 0. The minimum absolute atomic E-state index is 0.0844. The van der Waals surface area contributed by atoms with E-state index in [9.17, 15) is 4.79 Å². The fourth-order valence-electron chi connectivity index (χ4n) is 1.86. The first kappa shape index (κ1) is 12.4. The molecule has 1 fully saturated rings. The van der Waals surface area contributed by atoms with Crippen molar-refractivity contribution in [3.8, 4) is 0 Å². The van der Waals surface area contributed by atoms with Crippen LogP contribution in [0.3, 0.4) is 0 Å². The quantitative estimate of drug-likeness (QED) is 0.598. The Bertz CT molecular complexity index is 208. The molecule has 0 unspecified atom stereocenters. The van der Waals surface area contributed by atoms with Gasteiger partial charge in [-0.2, -0.15) is 0 Å². The highest BCUT2D eigenvalue weighted by Crippen LogP contribution is 2.34. The lowest BCUT2D eigenvalue weighted by Gasteiger charge is -2.44. The second kappa shape index (κ2) is 5.44. The van der Waals surface area contributed by atoms with Gasteiger partial charge in [0.2, 0.25) is 0 Å². The van der Waals surface area contributed by atoms with Crippen LogP contribution in [0.1, 0.15) is 19.8 Å². The molecule has 0 spiro atoms. The zero-order valence-corrected chi connectivity index (χ0v) is 9.28. The van der Waals surface area contributed by atoms with E-state index in [-0.39, 0.29) is 6.10 Å². The van der Waals surface area contributed by atoms with Gasteiger partial charge in [0.1, 0.15) is 5.54 Å². The first-order valence-corrected chi connectivity index (χ1v) is 5.23. The number of carbonyl (C=O) groups is 1. The molecule has 5 nitrogen and oxygen atoms in total. The molecule has 88 valence electrons. The van der Waals surface area contributed by atoms with Crippen molar-refractivity contribution in [1.82, 2.24) is 5.32 Å². The molecule has 0 heterocycles. The number of rotatable bonds is 7. The molecule has 1 aliphatic carbocycles. The van der Waals surface area contributed by atoms with E-state index in [1.807, 2.05) is 6.92 Å². The predicted molar refractivity (Wildman–Crippen MR) is 54.9 cm³/mol. The molecule has 0 radical (unpaired) electrons. The van der Waals surface area contributed by atoms with Gasteiger partial charge in [-0.3, -0.25) is 10.1 Å². The Morgan fingerprint density at radius 2 is 2.27 bits per heavy atom. The lowest BCUT2D eigenvalue weighted by atomic mass is 9.74. The van der Waals surface area contributed by atoms with Crippen molar-refractivity contribution >= 4 is 5.97 Å². The van der Waals surface area contributed by atoms with Crippen molar-refractivity contribution < 1.29 is 19.4 Å². The summed E-state index contributed by atoms with van der Waals surface area (Å²) in [5.74, 6) is -0.797. The molecule has 2 N–H and O–H groups in total. The molecule has 0 saturated heterocycles. The van der Waals surface area contributed by atoms with E-state index in [4.69, 9.17) is 14.6 Å². The SMILES string of the molecule is CCOC1CC(NCCOC)(C(=O)O)C1. The Hall–Kier alpha value is -0.650. The molecule has 0 aromatic heterocycles. The summed E-state index contributed by atoms with van der Waals surface area (Å²) in [6.45, 7) is 3.63. The number of hydrogen-bond acceptors (Lipinski definition) is 4. The molecule has 0 aliphatic heterocycles. The van der Waals surface area contributed by atoms with Crippen molar-refractivity contribution in [3.63, 3.8) is 0 Å². The van der Waals surface area contributed by atoms with Crippen molar-refractivity contribution in [2.75, 3.05) is 26.9 Å². The Labute approximate surface area is 89.8 Å². The zero-order valence-electron chi connectivity index (χ0n) is 9.28. The number of aliphatic carboxylic acids is 1. The highest BCUT2D eigenvalue weighted by Gasteiger charge is 2.50. The number of hydrogen-bond donors (Lipinski definition) is 2. The van der Waals surface area contributed by atoms with E-state index in [0.29, 0.717) is 32.6 Å². The molecule has 0 aromatic carbocycles. The standard InChI is InChI=1S/C10H19NO4/c1-3-15-8-6-10(7-8,9(12)13)11-4-5-14-2/h8,11H,3-7H2,1-2H3,(H,12,13). The van der Waals surface area contributed by atoms with Crippen molar-refractivity contribution in [1.29, 1.82) is 0 Å². The highest BCUT2D eigenvalue weighted by atomic mass is 16.5. The van der Waals surface area contributed by atoms with Gasteiger partial charge in [0.05, 0.1) is 12.7 Å². The lowest BCUT2D eigenvalue weighted by molar-refractivity contribution is -0.157. The van der Waals surface area contributed by atoms with Gasteiger partial charge >= 0.3 is 5.97 Å². The number of carboxylic acid groups (broad SMARTS) is 1. The molecule has 1 rings (SSSR count). The molecule has 0 atom stereocenters. The third kappa shape index (κ3) is 2.90. The Morgan fingerprint density at radius 1 is 1.60 bits per heavy atom. The molecule has 0 amide bonds. The van der Waals surface area contributed by atoms with E-state index in [2.05, 4.69) is 5.32 Å². The van der Waals surface area contributed by atoms with Crippen molar-refractivity contribution in [3.05, 3.63) is 0 Å². The largest absolute Gasteiger partial charge is 0.480 e. The molecular weight excluding hydrogens is 198 g/mol. The van der Waals surface area contributed by atoms with Gasteiger partial charge in [0, 0.05) is 33.1 Å². The minimum atomic E-state index is -0.797. The van der Waals surface area contributed by atoms with Crippen molar-refractivity contribution in [2.24, 2.45) is 0 Å². The maximum Gasteiger partial charge on any atom is 0.324 e. The number of nitrogens with one attached hydrogen (secondary N) is 1. The van der Waals surface area contributed by atoms with Crippen LogP contribution in [0.5, 0.6) is 0 Å². The maximum atomic E-state index is 11.1. The summed E-state index contributed by atoms with van der Waals surface area (Å²) >= 11 is 0. The summed E-state index contributed by atoms with van der Waals surface area (Å²) in [5, 5.41) is 12.1. The van der Waals surface area contributed by atoms with Crippen LogP contribution in [0.25, 0.3) is 0 Å². The van der Waals surface area contributed by atoms with Crippen molar-refractivity contribution in [2.45, 2.75) is 31.4 Å². The average Bonchev–Trinajstić information content (AvgIpc) is 2.13. The lowest BCUT2D eigenvalue weighted by Crippen LogP contribution is -2.63. The van der Waals surface area contributed by atoms with Crippen LogP contribution in [-0.4, -0.2) is 49.6 Å². The molecule has 15 heavy (non-hydrogen) atoms. The summed E-state index contributed by atoms with van der Waals surface area (Å²) in [4.78, 5) is 11.1. The number of ether oxygens (including phenoxy) is 2. The summed E-state index contributed by atoms with van der Waals surface area (Å²) in [5.41, 5.74) is -0.793. The Morgan fingerprint density at radius 3 is 2.73 bits per heavy atom. The summed E-state index contributed by atoms with van der Waals surface area (Å²) in [7, 11) is 1.60. The molecule has 0 aromatic rings. The molecule has 5 heteroatoms. The van der Waals surface area contributed by atoms with Gasteiger partial charge in [0.15, 0.2) is 0 Å². The van der Waals surface area contributed by atoms with Gasteiger partial charge in [0.25, 0.3) is 0 Å². The molecular formula is C10H19NO4. The monoisotopic (exact) mass is 217 g/mol. The molecule has 0 bridgehead atoms. The second-order valence-corrected chi connectivity index (χ2v) is 3.79. The van der Waals surface area contributed by atoms with Crippen LogP contribution in [0.2, 0.25) is 0 Å². The number of methoxy groups -OCH3 is 1. The van der Waals surface area contributed by atoms with Crippen LogP contribution in [0.15, 0.2) is 0 Å². The number of carboxylic acids is 1. The van der Waals surface area contributed by atoms with Gasteiger partial charge in [-0.05, 0) is 6.92 Å². The smallest absolute Gasteiger partial charge is 0.324 e. The molecule has 1 saturated carbocycles. The predicted octanol–water partition coefficient (Wildman–Crippen LogP) is 0.245. The van der Waals surface area contributed by atoms with Gasteiger partial charge < -0.3 is 14.6 Å². The maximum absolute atomic E-state index is 11.1. The fraction of sp³-hybridized carbons (Fsp3) is 0.900. The summed E-state index contributed by atoms with van der Waals surface area (Å²) < 4.78 is 10.2. The highest BCUT2D eigenvalue weighted by molar-refractivity contribution is 5.80. The van der Waals surface area contributed by atoms with Crippen LogP contribution >= 0.6 is 0 Å². The first-order valence-electron chi connectivity index (χ1n) is 5.23. The zero-order chi connectivity index (χ0) is 11.3. The Balaban J connectivity index is 2.36. The van der Waals surface area contributed by atoms with Crippen LogP contribution in [0.4, 0.5) is 0 Å². The van der Waals surface area contributed by atoms with E-state index in [1.165, 1.54) is 0 Å². The third-order valence-electron chi connectivity index (χ3n) is 2.73. The fourth-order valence-corrected chi connectivity index (χ4v) is 1.86. The van der Waals surface area contributed by atoms with Gasteiger partial charge in [-0.1, -0.05) is 0 Å². The van der Waals surface area contributed by atoms with Gasteiger partial charge in [-0.25, -0.2) is 0 Å². The summed E-state index contributed by atoms with van der Waals surface area (Å²) in [6.07, 6.45) is 1.17. The van der Waals surface area contributed by atoms with Gasteiger partial charge in [-0.15, -0.1) is 0 Å². The normalized spacial score (nSPS) is 29.9. The van der Waals surface area contributed by atoms with E-state index in [0.717, 1.165) is 0 Å². The second-order valence-electron chi connectivity index (χ2n) is 3.79. The molecule has 1 aliphatic rings. The average molecular weight is 217 g/mol. The van der Waals surface area contributed by atoms with E-state index >= 15 is 0 Å². The topological polar surface area (TPSA) is 67.8 Å². The van der Waals surface area contributed by atoms with E-state index in [1.54, 1.807) is 7.11 Å². The third-order valence-corrected chi connectivity index (χ3v) is 2.73. The first-order chi connectivity index (χ1) is 7.14. The van der Waals surface area contributed by atoms with Crippen LogP contribution in [-0.2, 0) is 14.3 Å². The Kier molecular flexibility index (Phi) is 4.50.